The van der Waals surface area contributed by atoms with Crippen LogP contribution >= 0.6 is 11.3 Å². The Morgan fingerprint density at radius 1 is 1.13 bits per heavy atom. The van der Waals surface area contributed by atoms with Crippen molar-refractivity contribution >= 4 is 32.4 Å². The fourth-order valence-electron chi connectivity index (χ4n) is 4.33. The molecule has 1 atom stereocenters. The number of nitrogens with zero attached hydrogens (tertiary/aromatic N) is 2. The highest BCUT2D eigenvalue weighted by atomic mass is 32.2. The number of carbonyl (C=O) groups excluding carboxylic acids is 1. The van der Waals surface area contributed by atoms with Crippen LogP contribution in [0.15, 0.2) is 53.4 Å². The van der Waals surface area contributed by atoms with Gasteiger partial charge in [0.1, 0.15) is 0 Å². The molecule has 1 aromatic heterocycles. The van der Waals surface area contributed by atoms with Crippen molar-refractivity contribution in [1.29, 1.82) is 0 Å². The van der Waals surface area contributed by atoms with E-state index in [0.717, 1.165) is 41.8 Å². The first-order valence-electron chi connectivity index (χ1n) is 10.4. The fourth-order valence-corrected chi connectivity index (χ4v) is 7.02. The van der Waals surface area contributed by atoms with E-state index in [4.69, 9.17) is 0 Å². The minimum absolute atomic E-state index is 0.00119. The third kappa shape index (κ3) is 3.69. The normalized spacial score (nSPS) is 18.4. The number of rotatable bonds is 4. The molecule has 3 aromatic rings. The maximum absolute atomic E-state index is 13.0. The molecule has 1 saturated heterocycles. The van der Waals surface area contributed by atoms with Gasteiger partial charge in [0.25, 0.3) is 5.91 Å². The summed E-state index contributed by atoms with van der Waals surface area (Å²) < 4.78 is 27.5. The number of hydrogen-bond acceptors (Lipinski definition) is 5. The first kappa shape index (κ1) is 20.4. The highest BCUT2D eigenvalue weighted by Crippen LogP contribution is 2.40. The highest BCUT2D eigenvalue weighted by molar-refractivity contribution is 7.89. The third-order valence-electron chi connectivity index (χ3n) is 6.01. The van der Waals surface area contributed by atoms with Crippen molar-refractivity contribution in [1.82, 2.24) is 9.29 Å². The van der Waals surface area contributed by atoms with E-state index < -0.39 is 10.0 Å². The van der Waals surface area contributed by atoms with E-state index in [1.165, 1.54) is 29.0 Å². The maximum atomic E-state index is 13.0. The summed E-state index contributed by atoms with van der Waals surface area (Å²) in [5.41, 5.74) is 3.72. The molecule has 1 N–H and O–H groups in total. The van der Waals surface area contributed by atoms with Gasteiger partial charge >= 0.3 is 0 Å². The molecule has 1 unspecified atom stereocenters. The number of aromatic nitrogens is 1. The molecule has 1 aliphatic carbocycles. The molecular formula is C23H23N3O3S2. The van der Waals surface area contributed by atoms with E-state index in [-0.39, 0.29) is 16.8 Å². The fraction of sp³-hybridized carbons (Fsp3) is 0.304. The van der Waals surface area contributed by atoms with Crippen molar-refractivity contribution in [3.8, 4) is 11.3 Å². The van der Waals surface area contributed by atoms with Gasteiger partial charge in [0.2, 0.25) is 10.0 Å². The summed E-state index contributed by atoms with van der Waals surface area (Å²) in [5.74, 6) is -0.295. The predicted molar refractivity (Wildman–Crippen MR) is 122 cm³/mol. The molecule has 1 fully saturated rings. The molecule has 8 heteroatoms. The number of nitrogens with one attached hydrogen (secondary N) is 1. The van der Waals surface area contributed by atoms with Crippen LogP contribution in [-0.2, 0) is 16.4 Å². The van der Waals surface area contributed by atoms with Crippen LogP contribution in [0.25, 0.3) is 11.3 Å². The van der Waals surface area contributed by atoms with Crippen molar-refractivity contribution in [2.75, 3.05) is 11.9 Å². The van der Waals surface area contributed by atoms with Crippen molar-refractivity contribution in [2.24, 2.45) is 0 Å². The smallest absolute Gasteiger partial charge is 0.257 e. The summed E-state index contributed by atoms with van der Waals surface area (Å²) in [6.07, 6.45) is 3.65. The second kappa shape index (κ2) is 7.85. The number of fused-ring (bicyclic) bond motifs is 3. The number of hydrogen-bond donors (Lipinski definition) is 1. The van der Waals surface area contributed by atoms with Crippen molar-refractivity contribution < 1.29 is 13.2 Å². The Kier molecular flexibility index (Phi) is 5.16. The van der Waals surface area contributed by atoms with Gasteiger partial charge in [-0.15, -0.1) is 11.3 Å². The van der Waals surface area contributed by atoms with Gasteiger partial charge in [-0.2, -0.15) is 4.31 Å². The first-order chi connectivity index (χ1) is 14.9. The van der Waals surface area contributed by atoms with Crippen LogP contribution in [0.3, 0.4) is 0 Å². The second-order valence-corrected chi connectivity index (χ2v) is 11.0. The molecule has 5 rings (SSSR count). The van der Waals surface area contributed by atoms with Crippen LogP contribution in [0.1, 0.15) is 47.0 Å². The summed E-state index contributed by atoms with van der Waals surface area (Å²) in [6, 6.07) is 14.3. The molecule has 0 saturated carbocycles. The number of amides is 1. The van der Waals surface area contributed by atoms with Gasteiger partial charge in [-0.3, -0.25) is 10.1 Å². The van der Waals surface area contributed by atoms with E-state index in [2.05, 4.69) is 22.4 Å². The number of anilines is 1. The van der Waals surface area contributed by atoms with Gasteiger partial charge < -0.3 is 0 Å². The third-order valence-corrected chi connectivity index (χ3v) is 9.01. The summed E-state index contributed by atoms with van der Waals surface area (Å²) in [6.45, 7) is 2.49. The lowest BCUT2D eigenvalue weighted by Gasteiger charge is -2.32. The predicted octanol–water partition coefficient (Wildman–Crippen LogP) is 4.53. The summed E-state index contributed by atoms with van der Waals surface area (Å²) in [4.78, 5) is 18.7. The quantitative estimate of drug-likeness (QED) is 0.492. The van der Waals surface area contributed by atoms with Gasteiger partial charge in [-0.1, -0.05) is 30.7 Å². The molecule has 2 aromatic carbocycles. The van der Waals surface area contributed by atoms with E-state index in [1.807, 2.05) is 19.1 Å². The molecule has 0 spiro atoms. The molecule has 0 radical (unpaired) electrons. The van der Waals surface area contributed by atoms with Crippen LogP contribution in [-0.4, -0.2) is 36.2 Å². The Labute approximate surface area is 186 Å². The lowest BCUT2D eigenvalue weighted by atomic mass is 10.1. The molecule has 6 nitrogen and oxygen atoms in total. The maximum Gasteiger partial charge on any atom is 0.257 e. The Bertz CT molecular complexity index is 1250. The Morgan fingerprint density at radius 3 is 2.68 bits per heavy atom. The summed E-state index contributed by atoms with van der Waals surface area (Å²) in [5, 5.41) is 3.41. The first-order valence-corrected chi connectivity index (χ1v) is 12.7. The Hall–Kier alpha value is -2.55. The van der Waals surface area contributed by atoms with Crippen LogP contribution in [0, 0.1) is 0 Å². The van der Waals surface area contributed by atoms with Crippen molar-refractivity contribution in [2.45, 2.75) is 43.5 Å². The molecule has 31 heavy (non-hydrogen) atoms. The van der Waals surface area contributed by atoms with Gasteiger partial charge in [0.05, 0.1) is 10.6 Å². The second-order valence-electron chi connectivity index (χ2n) is 8.06. The summed E-state index contributed by atoms with van der Waals surface area (Å²) in [7, 11) is -3.55. The van der Waals surface area contributed by atoms with E-state index in [1.54, 1.807) is 16.4 Å². The topological polar surface area (TPSA) is 79.4 Å². The van der Waals surface area contributed by atoms with Gasteiger partial charge in [-0.05, 0) is 49.6 Å². The van der Waals surface area contributed by atoms with Gasteiger partial charge in [-0.25, -0.2) is 13.4 Å². The number of sulfonamides is 1. The molecular weight excluding hydrogens is 430 g/mol. The Balaban J connectivity index is 1.32. The number of benzene rings is 2. The van der Waals surface area contributed by atoms with Gasteiger partial charge in [0, 0.05) is 35.0 Å². The lowest BCUT2D eigenvalue weighted by molar-refractivity contribution is 0.102. The van der Waals surface area contributed by atoms with Crippen LogP contribution in [0.2, 0.25) is 0 Å². The minimum Gasteiger partial charge on any atom is -0.298 e. The van der Waals surface area contributed by atoms with Crippen molar-refractivity contribution in [3.63, 3.8) is 0 Å². The zero-order chi connectivity index (χ0) is 21.6. The monoisotopic (exact) mass is 453 g/mol. The van der Waals surface area contributed by atoms with Crippen LogP contribution < -0.4 is 5.32 Å². The van der Waals surface area contributed by atoms with E-state index >= 15 is 0 Å². The molecule has 1 aliphatic heterocycles. The van der Waals surface area contributed by atoms with Crippen LogP contribution in [0.4, 0.5) is 5.13 Å². The lowest BCUT2D eigenvalue weighted by Crippen LogP contribution is -2.41. The molecule has 160 valence electrons. The largest absolute Gasteiger partial charge is 0.298 e. The highest BCUT2D eigenvalue weighted by Gasteiger charge is 2.31. The van der Waals surface area contributed by atoms with Gasteiger partial charge in [0.15, 0.2) is 5.13 Å². The molecule has 0 bridgehead atoms. The average molecular weight is 454 g/mol. The molecule has 1 amide bonds. The number of carbonyl (C=O) groups is 1. The SMILES string of the molecule is CC1CCCCN1S(=O)(=O)c1ccc(C(=O)Nc2nc3c(s2)Cc2ccccc2-3)cc1. The van der Waals surface area contributed by atoms with E-state index in [0.29, 0.717) is 17.2 Å². The number of thiazole rings is 1. The zero-order valence-electron chi connectivity index (χ0n) is 17.2. The molecule has 2 aliphatic rings. The molecule has 2 heterocycles. The van der Waals surface area contributed by atoms with Crippen LogP contribution in [0.5, 0.6) is 0 Å². The van der Waals surface area contributed by atoms with Crippen molar-refractivity contribution in [3.05, 3.63) is 64.5 Å². The minimum atomic E-state index is -3.55. The Morgan fingerprint density at radius 2 is 1.90 bits per heavy atom. The summed E-state index contributed by atoms with van der Waals surface area (Å²) >= 11 is 1.48. The van der Waals surface area contributed by atoms with E-state index in [9.17, 15) is 13.2 Å². The standard InChI is InChI=1S/C23H23N3O3S2/c1-15-6-4-5-13-26(15)31(28,29)18-11-9-16(10-12-18)22(27)25-23-24-21-19-8-3-2-7-17(19)14-20(21)30-23/h2-3,7-12,15H,4-6,13-14H2,1H3,(H,24,25,27). The zero-order valence-corrected chi connectivity index (χ0v) is 18.8. The number of piperidine rings is 1. The average Bonchev–Trinajstić information content (AvgIpc) is 3.31.